The molecule has 8 heteroatoms. The van der Waals surface area contributed by atoms with Crippen LogP contribution in [0.25, 0.3) is 11.0 Å². The van der Waals surface area contributed by atoms with Gasteiger partial charge in [-0.15, -0.1) is 0 Å². The predicted molar refractivity (Wildman–Crippen MR) is 124 cm³/mol. The number of aliphatic imine (C=N–C) groups is 1. The Morgan fingerprint density at radius 2 is 1.94 bits per heavy atom. The van der Waals surface area contributed by atoms with Crippen LogP contribution < -0.4 is 15.0 Å². The molecule has 0 saturated heterocycles. The molecule has 0 radical (unpaired) electrons. The molecule has 1 aromatic heterocycles. The topological polar surface area (TPSA) is 61.2 Å². The van der Waals surface area contributed by atoms with Gasteiger partial charge in [0.15, 0.2) is 0 Å². The second kappa shape index (κ2) is 8.20. The lowest BCUT2D eigenvalue weighted by molar-refractivity contribution is 0.253. The van der Waals surface area contributed by atoms with E-state index >= 15 is 0 Å². The van der Waals surface area contributed by atoms with Crippen molar-refractivity contribution in [3.8, 4) is 5.75 Å². The second-order valence-electron chi connectivity index (χ2n) is 8.30. The van der Waals surface area contributed by atoms with E-state index in [2.05, 4.69) is 62.9 Å². The van der Waals surface area contributed by atoms with Gasteiger partial charge in [-0.1, -0.05) is 30.3 Å². The maximum absolute atomic E-state index is 5.68. The number of hydrogen-bond acceptors (Lipinski definition) is 7. The third-order valence-corrected chi connectivity index (χ3v) is 5.87. The van der Waals surface area contributed by atoms with Crippen LogP contribution in [0.3, 0.4) is 0 Å². The van der Waals surface area contributed by atoms with E-state index in [9.17, 15) is 0 Å². The van der Waals surface area contributed by atoms with Crippen LogP contribution >= 0.6 is 0 Å². The summed E-state index contributed by atoms with van der Waals surface area (Å²) in [7, 11) is 5.94. The highest BCUT2D eigenvalue weighted by molar-refractivity contribution is 5.99. The third kappa shape index (κ3) is 3.62. The largest absolute Gasteiger partial charge is 0.496 e. The number of guanidine groups is 1. The number of ether oxygens (including phenoxy) is 1. The maximum atomic E-state index is 5.68. The van der Waals surface area contributed by atoms with Crippen molar-refractivity contribution < 1.29 is 4.74 Å². The van der Waals surface area contributed by atoms with Crippen molar-refractivity contribution >= 4 is 22.9 Å². The molecule has 0 amide bonds. The van der Waals surface area contributed by atoms with Crippen LogP contribution in [0.2, 0.25) is 0 Å². The monoisotopic (exact) mass is 419 g/mol. The standard InChI is InChI=1S/C23H29N7O/c1-27(2)13-8-14-28-15-24-22-26-21(17-9-4-7-12-20(17)31-3)30-19-11-6-5-10-18(19)25-23(30)29(22)16-28/h4-7,9-12,21H,8,13-16H2,1-3H3,(H,24,26)/t21-/m0/s1. The van der Waals surface area contributed by atoms with E-state index < -0.39 is 0 Å². The summed E-state index contributed by atoms with van der Waals surface area (Å²) >= 11 is 0. The molecular formula is C23H29N7O. The minimum absolute atomic E-state index is 0.145. The molecule has 8 nitrogen and oxygen atoms in total. The summed E-state index contributed by atoms with van der Waals surface area (Å²) in [6, 6.07) is 16.4. The van der Waals surface area contributed by atoms with Gasteiger partial charge in [0, 0.05) is 12.1 Å². The van der Waals surface area contributed by atoms with Gasteiger partial charge in [0.05, 0.1) is 31.5 Å². The molecule has 3 aromatic rings. The summed E-state index contributed by atoms with van der Waals surface area (Å²) in [5.74, 6) is 2.62. The number of nitrogens with one attached hydrogen (secondary N) is 1. The molecule has 1 N–H and O–H groups in total. The zero-order valence-electron chi connectivity index (χ0n) is 18.3. The number of nitrogens with zero attached hydrogens (tertiary/aromatic N) is 6. The number of imidazole rings is 1. The van der Waals surface area contributed by atoms with Gasteiger partial charge in [-0.05, 0) is 45.3 Å². The first-order valence-electron chi connectivity index (χ1n) is 10.7. The fourth-order valence-corrected chi connectivity index (χ4v) is 4.37. The number of anilines is 1. The number of methoxy groups -OCH3 is 1. The van der Waals surface area contributed by atoms with Gasteiger partial charge in [-0.3, -0.25) is 14.4 Å². The lowest BCUT2D eigenvalue weighted by Crippen LogP contribution is -2.57. The number of rotatable bonds is 6. The molecule has 0 fully saturated rings. The van der Waals surface area contributed by atoms with E-state index in [0.717, 1.165) is 60.4 Å². The molecule has 0 bridgehead atoms. The average Bonchev–Trinajstić information content (AvgIpc) is 3.18. The summed E-state index contributed by atoms with van der Waals surface area (Å²) in [5.41, 5.74) is 3.13. The fourth-order valence-electron chi connectivity index (χ4n) is 4.37. The van der Waals surface area contributed by atoms with E-state index in [1.807, 2.05) is 24.3 Å². The summed E-state index contributed by atoms with van der Waals surface area (Å²) in [6.07, 6.45) is 0.966. The van der Waals surface area contributed by atoms with E-state index in [1.54, 1.807) is 7.11 Å². The Morgan fingerprint density at radius 1 is 1.13 bits per heavy atom. The SMILES string of the molecule is COc1ccccc1[C@H]1NC2=NCN(CCCN(C)C)CN2c2nc3ccccc3n21. The van der Waals surface area contributed by atoms with E-state index in [0.29, 0.717) is 6.67 Å². The van der Waals surface area contributed by atoms with Crippen molar-refractivity contribution in [3.63, 3.8) is 0 Å². The average molecular weight is 420 g/mol. The van der Waals surface area contributed by atoms with Gasteiger partial charge in [0.2, 0.25) is 11.9 Å². The fraction of sp³-hybridized carbons (Fsp3) is 0.391. The Labute approximate surface area is 182 Å². The number of para-hydroxylation sites is 3. The first kappa shape index (κ1) is 19.8. The van der Waals surface area contributed by atoms with E-state index in [1.165, 1.54) is 0 Å². The van der Waals surface area contributed by atoms with Gasteiger partial charge in [-0.2, -0.15) is 0 Å². The molecule has 3 heterocycles. The minimum atomic E-state index is -0.145. The lowest BCUT2D eigenvalue weighted by atomic mass is 10.1. The Hall–Kier alpha value is -3.10. The first-order valence-corrected chi connectivity index (χ1v) is 10.7. The molecule has 0 aliphatic carbocycles. The minimum Gasteiger partial charge on any atom is -0.496 e. The second-order valence-corrected chi connectivity index (χ2v) is 8.30. The zero-order valence-corrected chi connectivity index (χ0v) is 18.3. The van der Waals surface area contributed by atoms with Crippen LogP contribution in [0, 0.1) is 0 Å². The van der Waals surface area contributed by atoms with Crippen LogP contribution in [0.1, 0.15) is 18.2 Å². The van der Waals surface area contributed by atoms with Gasteiger partial charge >= 0.3 is 0 Å². The van der Waals surface area contributed by atoms with Crippen molar-refractivity contribution in [2.75, 3.05) is 52.5 Å². The Bertz CT molecular complexity index is 1110. The third-order valence-electron chi connectivity index (χ3n) is 5.87. The van der Waals surface area contributed by atoms with Gasteiger partial charge in [0.25, 0.3) is 0 Å². The Morgan fingerprint density at radius 3 is 2.77 bits per heavy atom. The van der Waals surface area contributed by atoms with E-state index in [-0.39, 0.29) is 6.17 Å². The maximum Gasteiger partial charge on any atom is 0.216 e. The molecule has 0 unspecified atom stereocenters. The Balaban J connectivity index is 1.55. The highest BCUT2D eigenvalue weighted by Crippen LogP contribution is 2.36. The van der Waals surface area contributed by atoms with Crippen LogP contribution in [-0.2, 0) is 0 Å². The van der Waals surface area contributed by atoms with Crippen LogP contribution in [0.15, 0.2) is 53.5 Å². The summed E-state index contributed by atoms with van der Waals surface area (Å²) in [5, 5.41) is 3.66. The summed E-state index contributed by atoms with van der Waals surface area (Å²) < 4.78 is 7.94. The normalized spacial score (nSPS) is 18.5. The molecule has 2 aliphatic rings. The molecule has 2 aliphatic heterocycles. The lowest BCUT2D eigenvalue weighted by Gasteiger charge is -2.42. The molecule has 0 saturated carbocycles. The number of aromatic nitrogens is 2. The Kier molecular flexibility index (Phi) is 5.25. The molecule has 0 spiro atoms. The zero-order chi connectivity index (χ0) is 21.4. The van der Waals surface area contributed by atoms with Crippen molar-refractivity contribution in [1.29, 1.82) is 0 Å². The number of fused-ring (bicyclic) bond motifs is 5. The summed E-state index contributed by atoms with van der Waals surface area (Å²) in [6.45, 7) is 3.52. The van der Waals surface area contributed by atoms with Gasteiger partial charge in [-0.25, -0.2) is 9.98 Å². The van der Waals surface area contributed by atoms with Gasteiger partial charge in [0.1, 0.15) is 11.9 Å². The molecule has 1 atom stereocenters. The summed E-state index contributed by atoms with van der Waals surface area (Å²) in [4.78, 5) is 16.7. The van der Waals surface area contributed by atoms with Crippen molar-refractivity contribution in [2.24, 2.45) is 4.99 Å². The van der Waals surface area contributed by atoms with E-state index in [4.69, 9.17) is 14.7 Å². The smallest absolute Gasteiger partial charge is 0.216 e. The molecule has 5 rings (SSSR count). The van der Waals surface area contributed by atoms with Crippen LogP contribution in [0.5, 0.6) is 5.75 Å². The van der Waals surface area contributed by atoms with Crippen LogP contribution in [-0.4, -0.2) is 72.9 Å². The molecule has 2 aromatic carbocycles. The number of benzene rings is 2. The van der Waals surface area contributed by atoms with Crippen molar-refractivity contribution in [1.82, 2.24) is 24.7 Å². The van der Waals surface area contributed by atoms with Crippen LogP contribution in [0.4, 0.5) is 5.95 Å². The highest BCUT2D eigenvalue weighted by atomic mass is 16.5. The molecule has 162 valence electrons. The first-order chi connectivity index (χ1) is 15.2. The predicted octanol–water partition coefficient (Wildman–Crippen LogP) is 2.54. The highest BCUT2D eigenvalue weighted by Gasteiger charge is 2.36. The van der Waals surface area contributed by atoms with Crippen molar-refractivity contribution in [2.45, 2.75) is 12.6 Å². The number of hydrogen-bond donors (Lipinski definition) is 1. The molecule has 31 heavy (non-hydrogen) atoms. The van der Waals surface area contributed by atoms with Gasteiger partial charge < -0.3 is 15.0 Å². The van der Waals surface area contributed by atoms with Crippen molar-refractivity contribution in [3.05, 3.63) is 54.1 Å². The molecular weight excluding hydrogens is 390 g/mol. The quantitative estimate of drug-likeness (QED) is 0.663.